The average molecular weight is 955 g/mol. The van der Waals surface area contributed by atoms with Crippen molar-refractivity contribution in [2.75, 3.05) is 30.4 Å². The highest BCUT2D eigenvalue weighted by Crippen LogP contribution is 2.66. The number of unbranched alkanes of at least 4 members (excludes halogenated alkanes) is 2. The van der Waals surface area contributed by atoms with Crippen LogP contribution < -0.4 is 27.4 Å². The Balaban J connectivity index is 1.38. The number of rotatable bonds is 27. The summed E-state index contributed by atoms with van der Waals surface area (Å²) >= 11 is 0. The van der Waals surface area contributed by atoms with Gasteiger partial charge in [0.05, 0.1) is 30.6 Å². The van der Waals surface area contributed by atoms with Crippen LogP contribution in [0.1, 0.15) is 56.7 Å². The fraction of sp³-hybridized carbons (Fsp3) is 0.607. The number of carbonyl (C=O) groups excluding carboxylic acids is 3. The molecule has 7 unspecified atom stereocenters. The first kappa shape index (κ1) is 51.1. The molecule has 0 aromatic carbocycles. The van der Waals surface area contributed by atoms with Gasteiger partial charge in [0.15, 0.2) is 0 Å². The van der Waals surface area contributed by atoms with Crippen molar-refractivity contribution in [1.82, 2.24) is 30.5 Å². The highest BCUT2D eigenvalue weighted by atomic mass is 33.1. The van der Waals surface area contributed by atoms with Gasteiger partial charge in [-0.05, 0) is 12.8 Å². The van der Waals surface area contributed by atoms with E-state index in [4.69, 9.17) is 36.2 Å². The molecule has 14 N–H and O–H groups in total. The summed E-state index contributed by atoms with van der Waals surface area (Å²) in [7, 11) is -14.2. The number of nitrogens with one attached hydrogen (secondary N) is 3. The Bertz CT molecular complexity index is 1990. The van der Waals surface area contributed by atoms with Gasteiger partial charge in [0.1, 0.15) is 36.2 Å². The van der Waals surface area contributed by atoms with Crippen molar-refractivity contribution in [3.63, 3.8) is 0 Å². The molecule has 32 heteroatoms. The summed E-state index contributed by atoms with van der Waals surface area (Å²) in [4.78, 5) is 103. The number of carboxylic acids is 2. The molecule has 7 atom stereocenters. The molecule has 0 radical (unpaired) electrons. The summed E-state index contributed by atoms with van der Waals surface area (Å²) < 4.78 is 53.7. The van der Waals surface area contributed by atoms with Gasteiger partial charge in [0.2, 0.25) is 17.7 Å². The number of aliphatic carboxylic acids is 2. The van der Waals surface area contributed by atoms with Gasteiger partial charge in [-0.15, -0.1) is 0 Å². The number of nitrogens with zero attached hydrogens (tertiary/aromatic N) is 3. The van der Waals surface area contributed by atoms with Gasteiger partial charge in [-0.1, -0.05) is 28.0 Å². The highest BCUT2D eigenvalue weighted by Gasteiger charge is 2.43. The number of nitrogens with two attached hydrogens (primary N) is 2. The number of carbonyl (C=O) groups is 5. The van der Waals surface area contributed by atoms with Crippen LogP contribution in [0.3, 0.4) is 0 Å². The Morgan fingerprint density at radius 1 is 0.967 bits per heavy atom. The number of amides is 3. The number of phosphoric ester groups is 1. The lowest BCUT2D eigenvalue weighted by molar-refractivity contribution is -0.147. The number of aliphatic hydroxyl groups excluding tert-OH is 1. The first-order valence-electron chi connectivity index (χ1n) is 17.5. The van der Waals surface area contributed by atoms with E-state index in [2.05, 4.69) is 39.1 Å². The maximum absolute atomic E-state index is 12.7. The number of carboxylic acid groups (broad SMARTS) is 2. The molecule has 1 saturated heterocycles. The summed E-state index contributed by atoms with van der Waals surface area (Å²) in [6, 6.07) is -2.36. The molecule has 1 aliphatic rings. The lowest BCUT2D eigenvalue weighted by atomic mass is 10.1. The zero-order chi connectivity index (χ0) is 44.8. The van der Waals surface area contributed by atoms with Crippen molar-refractivity contribution < 1.29 is 90.4 Å². The van der Waals surface area contributed by atoms with Crippen molar-refractivity contribution in [2.45, 2.75) is 82.0 Å². The molecule has 1 fully saturated rings. The van der Waals surface area contributed by atoms with E-state index in [0.29, 0.717) is 36.0 Å². The molecule has 0 spiro atoms. The van der Waals surface area contributed by atoms with Crippen LogP contribution in [0.25, 0.3) is 11.0 Å². The fourth-order valence-electron chi connectivity index (χ4n) is 5.29. The summed E-state index contributed by atoms with van der Waals surface area (Å²) in [6.45, 7) is -0.627. The molecule has 0 saturated carbocycles. The van der Waals surface area contributed by atoms with E-state index >= 15 is 0 Å². The van der Waals surface area contributed by atoms with Crippen molar-refractivity contribution in [1.29, 1.82) is 0 Å². The van der Waals surface area contributed by atoms with E-state index in [-0.39, 0.29) is 55.5 Å². The number of nitrogen functional groups attached to an aromatic ring is 1. The summed E-state index contributed by atoms with van der Waals surface area (Å²) in [5, 5.41) is 36.3. The van der Waals surface area contributed by atoms with Crippen molar-refractivity contribution in [3.8, 4) is 0 Å². The minimum Gasteiger partial charge on any atom is -0.481 e. The minimum absolute atomic E-state index is 0.00935. The topological polar surface area (TPSA) is 434 Å². The highest BCUT2D eigenvalue weighted by molar-refractivity contribution is 8.76. The van der Waals surface area contributed by atoms with E-state index in [1.54, 1.807) is 6.20 Å². The lowest BCUT2D eigenvalue weighted by Crippen LogP contribution is -2.42. The van der Waals surface area contributed by atoms with Crippen LogP contribution in [0.2, 0.25) is 0 Å². The van der Waals surface area contributed by atoms with Crippen LogP contribution in [0.4, 0.5) is 5.82 Å². The number of hydrogen-bond acceptors (Lipinski definition) is 19. The molecular formula is C28H45N8O19P3S2. The molecule has 3 rings (SSSR count). The predicted octanol–water partition coefficient (Wildman–Crippen LogP) is -0.559. The van der Waals surface area contributed by atoms with Crippen LogP contribution in [0.5, 0.6) is 0 Å². The Hall–Kier alpha value is -3.24. The van der Waals surface area contributed by atoms with E-state index in [1.165, 1.54) is 32.5 Å². The molecule has 0 aliphatic carbocycles. The van der Waals surface area contributed by atoms with Gasteiger partial charge < -0.3 is 71.6 Å². The van der Waals surface area contributed by atoms with Gasteiger partial charge >= 0.3 is 35.4 Å². The average Bonchev–Trinajstić information content (AvgIpc) is 3.69. The molecular weight excluding hydrogens is 909 g/mol. The van der Waals surface area contributed by atoms with Crippen LogP contribution >= 0.6 is 45.1 Å². The van der Waals surface area contributed by atoms with Crippen LogP contribution in [0, 0.1) is 0 Å². The number of fused-ring (bicyclic) bond motifs is 1. The maximum atomic E-state index is 12.7. The standard InChI is InChI=1S/C28H45N8O19P3S2/c29-16(27(42)31-6-3-1-2-4-21(39)35-17(28(43)44)8-23(40)41)13-60-59-7-5-20(38)32-10-15-11-36(26-24(15)25(30)33-14-34-26)22-9-18(37)19(53-22)12-52-57(48,49)55-58(50,51)54-56(45,46)47/h11,14,16-19,22,37H,1-10,12-13,29H2,(H,31,42)(H,32,38)(H,35,39)(H,40,41)(H,43,44)(H,48,49)(H,50,51)(H2,30,33,34)(H2,45,46,47). The Kier molecular flexibility index (Phi) is 19.8. The molecule has 0 bridgehead atoms. The molecule has 60 heavy (non-hydrogen) atoms. The quantitative estimate of drug-likeness (QED) is 0.0303. The second kappa shape index (κ2) is 23.3. The third-order valence-electron chi connectivity index (χ3n) is 8.00. The number of aliphatic hydroxyl groups is 1. The zero-order valence-electron chi connectivity index (χ0n) is 31.2. The third kappa shape index (κ3) is 17.6. The van der Waals surface area contributed by atoms with Crippen molar-refractivity contribution >= 4 is 91.6 Å². The molecule has 2 aromatic rings. The number of ether oxygens (including phenoxy) is 1. The first-order valence-corrected chi connectivity index (χ1v) is 24.5. The molecule has 338 valence electrons. The number of hydrogen-bond donors (Lipinski definition) is 12. The Labute approximate surface area is 347 Å². The van der Waals surface area contributed by atoms with E-state index < -0.39 is 90.8 Å². The number of phosphoric acid groups is 3. The molecule has 27 nitrogen and oxygen atoms in total. The third-order valence-corrected chi connectivity index (χ3v) is 14.2. The second-order valence-corrected chi connectivity index (χ2v) is 19.8. The van der Waals surface area contributed by atoms with Gasteiger partial charge in [0, 0.05) is 55.6 Å². The van der Waals surface area contributed by atoms with Crippen LogP contribution in [-0.4, -0.2) is 128 Å². The maximum Gasteiger partial charge on any atom is 0.490 e. The Morgan fingerprint density at radius 2 is 1.68 bits per heavy atom. The summed E-state index contributed by atoms with van der Waals surface area (Å²) in [6.07, 6.45) is -0.248. The fourth-order valence-corrected chi connectivity index (χ4v) is 10.4. The van der Waals surface area contributed by atoms with E-state index in [9.17, 15) is 52.6 Å². The molecule has 3 amide bonds. The van der Waals surface area contributed by atoms with E-state index in [1.807, 2.05) is 0 Å². The van der Waals surface area contributed by atoms with Crippen molar-refractivity contribution in [3.05, 3.63) is 18.1 Å². The smallest absolute Gasteiger partial charge is 0.481 e. The minimum atomic E-state index is -5.76. The summed E-state index contributed by atoms with van der Waals surface area (Å²) in [5.74, 6) is -3.45. The number of anilines is 1. The van der Waals surface area contributed by atoms with Crippen LogP contribution in [0.15, 0.2) is 12.5 Å². The monoisotopic (exact) mass is 954 g/mol. The number of aromatic nitrogens is 3. The molecule has 1 aliphatic heterocycles. The van der Waals surface area contributed by atoms with Crippen LogP contribution in [-0.2, 0) is 62.1 Å². The molecule has 2 aromatic heterocycles. The Morgan fingerprint density at radius 3 is 2.35 bits per heavy atom. The predicted molar refractivity (Wildman–Crippen MR) is 209 cm³/mol. The first-order chi connectivity index (χ1) is 28.0. The zero-order valence-corrected chi connectivity index (χ0v) is 35.5. The van der Waals surface area contributed by atoms with Gasteiger partial charge in [0.25, 0.3) is 0 Å². The van der Waals surface area contributed by atoms with Gasteiger partial charge in [-0.3, -0.25) is 23.7 Å². The molecule has 3 heterocycles. The SMILES string of the molecule is Nc1ncnc2c1c(CNC(=O)CCSSCC(N)C(=O)NCCCCCC(=O)NC(CC(=O)O)C(=O)O)cn2C1CC(O)C(COP(=O)(O)OP(=O)(O)OP(=O)(O)O)O1. The van der Waals surface area contributed by atoms with Gasteiger partial charge in [-0.2, -0.15) is 8.62 Å². The normalized spacial score (nSPS) is 19.8. The largest absolute Gasteiger partial charge is 0.490 e. The van der Waals surface area contributed by atoms with Gasteiger partial charge in [-0.25, -0.2) is 28.5 Å². The lowest BCUT2D eigenvalue weighted by Gasteiger charge is -2.19. The van der Waals surface area contributed by atoms with E-state index in [0.717, 1.165) is 0 Å². The summed E-state index contributed by atoms with van der Waals surface area (Å²) in [5.41, 5.74) is 12.8. The second-order valence-electron chi connectivity index (χ2n) is 12.7. The van der Waals surface area contributed by atoms with Crippen molar-refractivity contribution in [2.24, 2.45) is 5.73 Å².